The van der Waals surface area contributed by atoms with E-state index in [1.807, 2.05) is 12.1 Å². The monoisotopic (exact) mass is 294 g/mol. The zero-order valence-electron chi connectivity index (χ0n) is 11.1. The fraction of sp³-hybridized carbons (Fsp3) is 0.250. The van der Waals surface area contributed by atoms with Gasteiger partial charge in [0.1, 0.15) is 11.9 Å². The van der Waals surface area contributed by atoms with Crippen LogP contribution >= 0.6 is 11.6 Å². The minimum Gasteiger partial charge on any atom is -0.384 e. The van der Waals surface area contributed by atoms with E-state index >= 15 is 0 Å². The van der Waals surface area contributed by atoms with Crippen molar-refractivity contribution in [2.24, 2.45) is 0 Å². The lowest BCUT2D eigenvalue weighted by Crippen LogP contribution is -2.03. The van der Waals surface area contributed by atoms with Gasteiger partial charge in [0.05, 0.1) is 11.6 Å². The van der Waals surface area contributed by atoms with Gasteiger partial charge in [0.25, 0.3) is 0 Å². The molecule has 2 aromatic carbocycles. The lowest BCUT2D eigenvalue weighted by Gasteiger charge is -2.13. The van der Waals surface area contributed by atoms with Crippen molar-refractivity contribution in [3.05, 3.63) is 70.0 Å². The number of hydrogen-bond donors (Lipinski definition) is 1. The van der Waals surface area contributed by atoms with Crippen LogP contribution in [0.2, 0.25) is 5.02 Å². The van der Waals surface area contributed by atoms with E-state index in [-0.39, 0.29) is 10.6 Å². The number of aliphatic hydroxyl groups is 1. The Balaban J connectivity index is 2.20. The van der Waals surface area contributed by atoms with Crippen molar-refractivity contribution in [3.63, 3.8) is 0 Å². The van der Waals surface area contributed by atoms with E-state index < -0.39 is 11.9 Å². The molecule has 0 aliphatic rings. The average molecular weight is 295 g/mol. The van der Waals surface area contributed by atoms with Gasteiger partial charge in [-0.2, -0.15) is 0 Å². The smallest absolute Gasteiger partial charge is 0.147 e. The normalized spacial score (nSPS) is 12.4. The Morgan fingerprint density at radius 1 is 1.20 bits per heavy atom. The highest BCUT2D eigenvalue weighted by Gasteiger charge is 2.16. The zero-order chi connectivity index (χ0) is 14.5. The minimum absolute atomic E-state index is 0.0123. The molecule has 0 spiro atoms. The van der Waals surface area contributed by atoms with Gasteiger partial charge in [0.2, 0.25) is 0 Å². The van der Waals surface area contributed by atoms with Gasteiger partial charge < -0.3 is 9.84 Å². The summed E-state index contributed by atoms with van der Waals surface area (Å²) in [5, 5.41) is 10.3. The van der Waals surface area contributed by atoms with Crippen LogP contribution in [0, 0.1) is 5.82 Å². The number of rotatable bonds is 5. The third kappa shape index (κ3) is 3.37. The first-order valence-electron chi connectivity index (χ1n) is 6.33. The summed E-state index contributed by atoms with van der Waals surface area (Å²) in [4.78, 5) is 0. The van der Waals surface area contributed by atoms with Crippen molar-refractivity contribution in [2.75, 3.05) is 13.7 Å². The first kappa shape index (κ1) is 15.0. The maximum atomic E-state index is 13.9. The van der Waals surface area contributed by atoms with Gasteiger partial charge in [-0.05, 0) is 23.6 Å². The first-order chi connectivity index (χ1) is 9.63. The Morgan fingerprint density at radius 3 is 2.55 bits per heavy atom. The molecule has 2 nitrogen and oxygen atoms in total. The van der Waals surface area contributed by atoms with Crippen molar-refractivity contribution in [2.45, 2.75) is 12.5 Å². The Hall–Kier alpha value is -1.42. The van der Waals surface area contributed by atoms with Gasteiger partial charge in [-0.25, -0.2) is 4.39 Å². The summed E-state index contributed by atoms with van der Waals surface area (Å²) in [5.74, 6) is -0.579. The number of halogens is 2. The fourth-order valence-electron chi connectivity index (χ4n) is 2.00. The summed E-state index contributed by atoms with van der Waals surface area (Å²) in [6.45, 7) is 0.644. The number of ether oxygens (including phenoxy) is 1. The fourth-order valence-corrected chi connectivity index (χ4v) is 2.18. The summed E-state index contributed by atoms with van der Waals surface area (Å²) in [5.41, 5.74) is 1.92. The molecule has 0 aliphatic heterocycles. The second-order valence-corrected chi connectivity index (χ2v) is 4.94. The molecule has 1 atom stereocenters. The summed E-state index contributed by atoms with van der Waals surface area (Å²) in [7, 11) is 1.65. The Kier molecular flexibility index (Phi) is 5.12. The van der Waals surface area contributed by atoms with Gasteiger partial charge in [-0.3, -0.25) is 0 Å². The standard InChI is InChI=1S/C16H16ClFO2/c1-20-10-9-11-5-7-12(8-6-11)16(19)13-3-2-4-14(17)15(13)18/h2-8,16,19H,9-10H2,1H3. The van der Waals surface area contributed by atoms with Crippen molar-refractivity contribution in [3.8, 4) is 0 Å². The molecule has 0 radical (unpaired) electrons. The van der Waals surface area contributed by atoms with Gasteiger partial charge >= 0.3 is 0 Å². The average Bonchev–Trinajstić information content (AvgIpc) is 2.48. The lowest BCUT2D eigenvalue weighted by molar-refractivity contribution is 0.202. The molecule has 1 unspecified atom stereocenters. The van der Waals surface area contributed by atoms with Crippen LogP contribution in [0.5, 0.6) is 0 Å². The molecule has 20 heavy (non-hydrogen) atoms. The topological polar surface area (TPSA) is 29.5 Å². The van der Waals surface area contributed by atoms with Gasteiger partial charge in [0, 0.05) is 12.7 Å². The van der Waals surface area contributed by atoms with E-state index in [1.54, 1.807) is 25.3 Å². The maximum absolute atomic E-state index is 13.9. The Morgan fingerprint density at radius 2 is 1.90 bits per heavy atom. The molecule has 2 aromatic rings. The number of methoxy groups -OCH3 is 1. The quantitative estimate of drug-likeness (QED) is 0.910. The predicted molar refractivity (Wildman–Crippen MR) is 77.5 cm³/mol. The van der Waals surface area contributed by atoms with Crippen LogP contribution in [0.3, 0.4) is 0 Å². The second-order valence-electron chi connectivity index (χ2n) is 4.53. The van der Waals surface area contributed by atoms with Crippen LogP contribution in [-0.2, 0) is 11.2 Å². The Bertz CT molecular complexity index is 569. The van der Waals surface area contributed by atoms with Gasteiger partial charge in [-0.1, -0.05) is 48.0 Å². The highest BCUT2D eigenvalue weighted by molar-refractivity contribution is 6.30. The van der Waals surface area contributed by atoms with E-state index in [4.69, 9.17) is 16.3 Å². The first-order valence-corrected chi connectivity index (χ1v) is 6.71. The summed E-state index contributed by atoms with van der Waals surface area (Å²) in [6.07, 6.45) is -0.219. The summed E-state index contributed by atoms with van der Waals surface area (Å²) < 4.78 is 18.9. The summed E-state index contributed by atoms with van der Waals surface area (Å²) >= 11 is 5.73. The van der Waals surface area contributed by atoms with E-state index in [2.05, 4.69) is 0 Å². The number of hydrogen-bond acceptors (Lipinski definition) is 2. The highest BCUT2D eigenvalue weighted by Crippen LogP contribution is 2.28. The lowest BCUT2D eigenvalue weighted by atomic mass is 9.99. The van der Waals surface area contributed by atoms with Crippen LogP contribution in [0.25, 0.3) is 0 Å². The van der Waals surface area contributed by atoms with Crippen LogP contribution in [0.1, 0.15) is 22.8 Å². The van der Waals surface area contributed by atoms with Crippen LogP contribution in [0.15, 0.2) is 42.5 Å². The van der Waals surface area contributed by atoms with E-state index in [0.717, 1.165) is 12.0 Å². The van der Waals surface area contributed by atoms with Gasteiger partial charge in [-0.15, -0.1) is 0 Å². The molecule has 106 valence electrons. The summed E-state index contributed by atoms with van der Waals surface area (Å²) in [6, 6.07) is 12.0. The molecule has 4 heteroatoms. The minimum atomic E-state index is -1.02. The SMILES string of the molecule is COCCc1ccc(C(O)c2cccc(Cl)c2F)cc1. The molecule has 1 N–H and O–H groups in total. The molecule has 0 bridgehead atoms. The zero-order valence-corrected chi connectivity index (χ0v) is 11.9. The highest BCUT2D eigenvalue weighted by atomic mass is 35.5. The van der Waals surface area contributed by atoms with Crippen LogP contribution < -0.4 is 0 Å². The maximum Gasteiger partial charge on any atom is 0.147 e. The molecule has 0 aromatic heterocycles. The molecular weight excluding hydrogens is 279 g/mol. The Labute approximate surface area is 122 Å². The molecule has 0 saturated carbocycles. The van der Waals surface area contributed by atoms with Crippen molar-refractivity contribution in [1.82, 2.24) is 0 Å². The number of benzene rings is 2. The van der Waals surface area contributed by atoms with Crippen molar-refractivity contribution >= 4 is 11.6 Å². The largest absolute Gasteiger partial charge is 0.384 e. The van der Waals surface area contributed by atoms with E-state index in [0.29, 0.717) is 12.2 Å². The molecule has 0 saturated heterocycles. The van der Waals surface area contributed by atoms with E-state index in [1.165, 1.54) is 12.1 Å². The van der Waals surface area contributed by atoms with Crippen molar-refractivity contribution < 1.29 is 14.2 Å². The molecule has 0 amide bonds. The van der Waals surface area contributed by atoms with Crippen molar-refractivity contribution in [1.29, 1.82) is 0 Å². The molecule has 0 fully saturated rings. The predicted octanol–water partition coefficient (Wildman–Crippen LogP) is 3.75. The second kappa shape index (κ2) is 6.84. The third-order valence-electron chi connectivity index (χ3n) is 3.17. The van der Waals surface area contributed by atoms with Gasteiger partial charge in [0.15, 0.2) is 0 Å². The van der Waals surface area contributed by atoms with E-state index in [9.17, 15) is 9.50 Å². The third-order valence-corrected chi connectivity index (χ3v) is 3.46. The number of aliphatic hydroxyl groups excluding tert-OH is 1. The van der Waals surface area contributed by atoms with Crippen LogP contribution in [0.4, 0.5) is 4.39 Å². The molecule has 0 aliphatic carbocycles. The molecular formula is C16H16ClFO2. The molecule has 2 rings (SSSR count). The van der Waals surface area contributed by atoms with Crippen LogP contribution in [-0.4, -0.2) is 18.8 Å². The molecule has 0 heterocycles.